The third kappa shape index (κ3) is 49.3. The topological polar surface area (TPSA) is 110 Å². The molecule has 4 unspecified atom stereocenters. The molecule has 0 bridgehead atoms. The van der Waals surface area contributed by atoms with E-state index in [0.717, 1.165) is 44.9 Å². The van der Waals surface area contributed by atoms with Crippen molar-refractivity contribution in [2.75, 3.05) is 6.61 Å². The Kier molecular flexibility index (Phi) is 54.8. The molecule has 0 aliphatic heterocycles. The number of hydrogen-bond acceptors (Lipinski definition) is 5. The zero-order valence-electron chi connectivity index (χ0n) is 45.4. The number of carbonyl (C=O) groups excluding carboxylic acids is 1. The average Bonchev–Trinajstić information content (AvgIpc) is 3.34. The van der Waals surface area contributed by atoms with Crippen molar-refractivity contribution in [3.8, 4) is 0 Å². The van der Waals surface area contributed by atoms with Crippen LogP contribution in [0.2, 0.25) is 0 Å². The molecule has 4 atom stereocenters. The maximum absolute atomic E-state index is 12.6. The van der Waals surface area contributed by atoms with Crippen molar-refractivity contribution in [3.05, 3.63) is 48.6 Å². The summed E-state index contributed by atoms with van der Waals surface area (Å²) in [5.74, 6) is -0.596. The van der Waals surface area contributed by atoms with Crippen LogP contribution in [0.3, 0.4) is 0 Å². The summed E-state index contributed by atoms with van der Waals surface area (Å²) in [5, 5.41) is 44.0. The molecule has 5 N–H and O–H groups in total. The largest absolute Gasteiger partial charge is 0.394 e. The molecule has 6 nitrogen and oxygen atoms in total. The predicted octanol–water partition coefficient (Wildman–Crippen LogP) is 17.8. The Morgan fingerprint density at radius 1 is 0.368 bits per heavy atom. The number of unbranched alkanes of at least 4 members (excludes halogenated alkanes) is 38. The van der Waals surface area contributed by atoms with Crippen molar-refractivity contribution in [2.45, 2.75) is 334 Å². The molecule has 6 heteroatoms. The van der Waals surface area contributed by atoms with Gasteiger partial charge in [-0.25, -0.2) is 0 Å². The fourth-order valence-electron chi connectivity index (χ4n) is 9.28. The molecule has 400 valence electrons. The van der Waals surface area contributed by atoms with Crippen LogP contribution in [-0.2, 0) is 4.79 Å². The Morgan fingerprint density at radius 3 is 1.01 bits per heavy atom. The van der Waals surface area contributed by atoms with Crippen LogP contribution in [-0.4, -0.2) is 57.3 Å². The molecule has 0 saturated carbocycles. The van der Waals surface area contributed by atoms with Crippen LogP contribution in [0.4, 0.5) is 0 Å². The summed E-state index contributed by atoms with van der Waals surface area (Å²) in [6, 6.07) is -1.01. The van der Waals surface area contributed by atoms with Crippen LogP contribution in [0.25, 0.3) is 0 Å². The summed E-state index contributed by atoms with van der Waals surface area (Å²) < 4.78 is 0. The lowest BCUT2D eigenvalue weighted by molar-refractivity contribution is -0.132. The number of rotatable bonds is 55. The van der Waals surface area contributed by atoms with E-state index in [4.69, 9.17) is 0 Å². The van der Waals surface area contributed by atoms with Gasteiger partial charge in [0.1, 0.15) is 12.2 Å². The highest BCUT2D eigenvalue weighted by molar-refractivity contribution is 5.80. The van der Waals surface area contributed by atoms with Gasteiger partial charge in [-0.1, -0.05) is 274 Å². The van der Waals surface area contributed by atoms with E-state index in [1.54, 1.807) is 0 Å². The van der Waals surface area contributed by atoms with Gasteiger partial charge < -0.3 is 25.7 Å². The van der Waals surface area contributed by atoms with Gasteiger partial charge in [-0.05, 0) is 83.5 Å². The molecule has 0 fully saturated rings. The Labute approximate surface area is 423 Å². The Bertz CT molecular complexity index is 1120. The van der Waals surface area contributed by atoms with Crippen LogP contribution in [0.1, 0.15) is 309 Å². The van der Waals surface area contributed by atoms with E-state index >= 15 is 0 Å². The average molecular weight is 957 g/mol. The van der Waals surface area contributed by atoms with Gasteiger partial charge >= 0.3 is 0 Å². The highest BCUT2D eigenvalue weighted by Crippen LogP contribution is 2.17. The van der Waals surface area contributed by atoms with Crippen LogP contribution < -0.4 is 5.32 Å². The number of aliphatic hydroxyl groups excluding tert-OH is 4. The van der Waals surface area contributed by atoms with Crippen molar-refractivity contribution in [1.82, 2.24) is 5.32 Å². The first-order valence-corrected chi connectivity index (χ1v) is 30.0. The second kappa shape index (κ2) is 56.2. The molecule has 68 heavy (non-hydrogen) atoms. The van der Waals surface area contributed by atoms with Crippen molar-refractivity contribution < 1.29 is 25.2 Å². The van der Waals surface area contributed by atoms with Crippen LogP contribution >= 0.6 is 0 Å². The fourth-order valence-corrected chi connectivity index (χ4v) is 9.28. The number of allylic oxidation sites excluding steroid dienone is 8. The minimum atomic E-state index is -1.29. The van der Waals surface area contributed by atoms with E-state index in [0.29, 0.717) is 19.3 Å². The number of carbonyl (C=O) groups is 1. The van der Waals surface area contributed by atoms with Gasteiger partial charge in [0.25, 0.3) is 0 Å². The smallest absolute Gasteiger partial charge is 0.249 e. The molecule has 0 spiro atoms. The molecule has 0 rings (SSSR count). The lowest BCUT2D eigenvalue weighted by Crippen LogP contribution is -2.53. The van der Waals surface area contributed by atoms with Gasteiger partial charge in [-0.3, -0.25) is 4.79 Å². The minimum Gasteiger partial charge on any atom is -0.394 e. The SMILES string of the molecule is CCCCCCCCCCC/C=C\C/C=C\CCCCCCCCCCCCCCC(O)C(=O)NC(CO)C(O)C(O)CCC/C=C/CC/C=C/CCCCCCCCCCCCCCCCC. The molecular weight excluding hydrogens is 839 g/mol. The first kappa shape index (κ1) is 66.3. The molecule has 0 heterocycles. The molecule has 0 aliphatic carbocycles. The third-order valence-corrected chi connectivity index (χ3v) is 14.0. The van der Waals surface area contributed by atoms with Crippen LogP contribution in [0, 0.1) is 0 Å². The monoisotopic (exact) mass is 956 g/mol. The van der Waals surface area contributed by atoms with Crippen LogP contribution in [0.15, 0.2) is 48.6 Å². The van der Waals surface area contributed by atoms with E-state index in [1.807, 2.05) is 0 Å². The molecule has 0 aromatic heterocycles. The van der Waals surface area contributed by atoms with Crippen molar-refractivity contribution in [3.63, 3.8) is 0 Å². The van der Waals surface area contributed by atoms with Crippen molar-refractivity contribution in [2.24, 2.45) is 0 Å². The van der Waals surface area contributed by atoms with E-state index in [2.05, 4.69) is 67.8 Å². The summed E-state index contributed by atoms with van der Waals surface area (Å²) in [6.07, 6.45) is 71.9. The van der Waals surface area contributed by atoms with E-state index in [-0.39, 0.29) is 0 Å². The number of hydrogen-bond donors (Lipinski definition) is 5. The number of nitrogens with one attached hydrogen (secondary N) is 1. The second-order valence-electron chi connectivity index (χ2n) is 20.7. The van der Waals surface area contributed by atoms with Gasteiger partial charge in [0, 0.05) is 0 Å². The third-order valence-electron chi connectivity index (χ3n) is 14.0. The lowest BCUT2D eigenvalue weighted by Gasteiger charge is -2.27. The predicted molar refractivity (Wildman–Crippen MR) is 297 cm³/mol. The Balaban J connectivity index is 3.67. The van der Waals surface area contributed by atoms with Gasteiger partial charge in [-0.2, -0.15) is 0 Å². The standard InChI is InChI=1S/C62H117NO5/c1-3-5-7-9-11-13-15-17-19-21-23-25-27-29-30-31-32-34-36-38-40-42-44-46-48-50-52-54-56-60(66)62(68)63-58(57-64)61(67)59(65)55-53-51-49-47-45-43-41-39-37-35-33-28-26-24-22-20-18-16-14-12-10-8-6-4-2/h23,25,29-30,39,41,47,49,58-61,64-67H,3-22,24,26-28,31-38,40,42-46,48,50-57H2,1-2H3,(H,63,68)/b25-23-,30-29-,41-39+,49-47+. The Morgan fingerprint density at radius 2 is 0.662 bits per heavy atom. The maximum atomic E-state index is 12.6. The zero-order valence-corrected chi connectivity index (χ0v) is 45.4. The fraction of sp³-hybridized carbons (Fsp3) is 0.855. The highest BCUT2D eigenvalue weighted by Gasteiger charge is 2.28. The zero-order chi connectivity index (χ0) is 49.5. The lowest BCUT2D eigenvalue weighted by atomic mass is 10.00. The van der Waals surface area contributed by atoms with Gasteiger partial charge in [0.15, 0.2) is 0 Å². The second-order valence-corrected chi connectivity index (χ2v) is 20.7. The Hall–Kier alpha value is -1.73. The van der Waals surface area contributed by atoms with Crippen molar-refractivity contribution >= 4 is 5.91 Å². The quantitative estimate of drug-likeness (QED) is 0.0308. The van der Waals surface area contributed by atoms with E-state index in [9.17, 15) is 25.2 Å². The summed E-state index contributed by atoms with van der Waals surface area (Å²) in [5.41, 5.74) is 0. The molecule has 0 saturated heterocycles. The summed E-state index contributed by atoms with van der Waals surface area (Å²) in [6.45, 7) is 4.07. The number of amides is 1. The van der Waals surface area contributed by atoms with E-state index in [1.165, 1.54) is 231 Å². The van der Waals surface area contributed by atoms with Gasteiger partial charge in [0.2, 0.25) is 5.91 Å². The molecule has 0 aliphatic rings. The summed E-state index contributed by atoms with van der Waals surface area (Å²) in [4.78, 5) is 12.6. The van der Waals surface area contributed by atoms with Gasteiger partial charge in [0.05, 0.1) is 18.8 Å². The molecule has 0 aromatic rings. The minimum absolute atomic E-state index is 0.358. The molecular formula is C62H117NO5. The van der Waals surface area contributed by atoms with Crippen LogP contribution in [0.5, 0.6) is 0 Å². The van der Waals surface area contributed by atoms with Gasteiger partial charge in [-0.15, -0.1) is 0 Å². The first-order valence-electron chi connectivity index (χ1n) is 30.0. The molecule has 1 amide bonds. The number of aliphatic hydroxyl groups is 4. The highest BCUT2D eigenvalue weighted by atomic mass is 16.3. The summed E-state index contributed by atoms with van der Waals surface area (Å²) >= 11 is 0. The first-order chi connectivity index (χ1) is 33.5. The van der Waals surface area contributed by atoms with Crippen molar-refractivity contribution in [1.29, 1.82) is 0 Å². The summed E-state index contributed by atoms with van der Waals surface area (Å²) in [7, 11) is 0. The maximum Gasteiger partial charge on any atom is 0.249 e. The van der Waals surface area contributed by atoms with E-state index < -0.39 is 36.9 Å². The molecule has 0 radical (unpaired) electrons. The normalized spacial score (nSPS) is 14.0. The molecule has 0 aromatic carbocycles.